The highest BCUT2D eigenvalue weighted by atomic mass is 16.2. The Balaban J connectivity index is 1.66. The fourth-order valence-corrected chi connectivity index (χ4v) is 3.38. The summed E-state index contributed by atoms with van der Waals surface area (Å²) in [4.78, 5) is 28.4. The molecular weight excluding hydrogens is 302 g/mol. The summed E-state index contributed by atoms with van der Waals surface area (Å²) in [6, 6.07) is 10.9. The van der Waals surface area contributed by atoms with Crippen molar-refractivity contribution < 1.29 is 9.59 Å². The SMILES string of the molecule is NC(=O)[C@@H](Cc1ccc2ccccc2n1)NC(=O)CC1CCCC1. The monoisotopic (exact) mass is 325 g/mol. The van der Waals surface area contributed by atoms with Gasteiger partial charge in [-0.25, -0.2) is 0 Å². The minimum Gasteiger partial charge on any atom is -0.368 e. The molecule has 3 N–H and O–H groups in total. The van der Waals surface area contributed by atoms with Crippen LogP contribution in [0.25, 0.3) is 10.9 Å². The summed E-state index contributed by atoms with van der Waals surface area (Å²) in [6.07, 6.45) is 5.38. The molecule has 0 saturated heterocycles. The molecule has 3 rings (SSSR count). The zero-order chi connectivity index (χ0) is 16.9. The fraction of sp³-hybridized carbons (Fsp3) is 0.421. The van der Waals surface area contributed by atoms with Crippen molar-refractivity contribution in [2.45, 2.75) is 44.6 Å². The van der Waals surface area contributed by atoms with Crippen molar-refractivity contribution in [2.75, 3.05) is 0 Å². The second-order valence-corrected chi connectivity index (χ2v) is 6.58. The Bertz CT molecular complexity index is 738. The smallest absolute Gasteiger partial charge is 0.240 e. The number of carbonyl (C=O) groups excluding carboxylic acids is 2. The number of amides is 2. The molecule has 1 saturated carbocycles. The zero-order valence-corrected chi connectivity index (χ0v) is 13.7. The molecule has 2 aromatic rings. The van der Waals surface area contributed by atoms with Crippen molar-refractivity contribution in [2.24, 2.45) is 11.7 Å². The second-order valence-electron chi connectivity index (χ2n) is 6.58. The van der Waals surface area contributed by atoms with E-state index in [0.29, 0.717) is 18.8 Å². The van der Waals surface area contributed by atoms with Gasteiger partial charge in [0.1, 0.15) is 6.04 Å². The molecule has 2 amide bonds. The van der Waals surface area contributed by atoms with Gasteiger partial charge in [0.25, 0.3) is 0 Å². The van der Waals surface area contributed by atoms with E-state index >= 15 is 0 Å². The van der Waals surface area contributed by atoms with Gasteiger partial charge in [0.05, 0.1) is 5.52 Å². The average molecular weight is 325 g/mol. The largest absolute Gasteiger partial charge is 0.368 e. The average Bonchev–Trinajstić information content (AvgIpc) is 3.07. The van der Waals surface area contributed by atoms with E-state index in [2.05, 4.69) is 10.3 Å². The molecule has 0 bridgehead atoms. The van der Waals surface area contributed by atoms with Crippen molar-refractivity contribution in [1.29, 1.82) is 0 Å². The number of para-hydroxylation sites is 1. The molecule has 24 heavy (non-hydrogen) atoms. The molecule has 1 atom stereocenters. The van der Waals surface area contributed by atoms with Gasteiger partial charge in [0.2, 0.25) is 11.8 Å². The summed E-state index contributed by atoms with van der Waals surface area (Å²) in [5.41, 5.74) is 7.09. The lowest BCUT2D eigenvalue weighted by Crippen LogP contribution is -2.46. The quantitative estimate of drug-likeness (QED) is 0.855. The first kappa shape index (κ1) is 16.4. The van der Waals surface area contributed by atoms with Crippen LogP contribution in [-0.4, -0.2) is 22.8 Å². The molecule has 5 heteroatoms. The Morgan fingerprint density at radius 3 is 2.67 bits per heavy atom. The summed E-state index contributed by atoms with van der Waals surface area (Å²) in [5, 5.41) is 3.83. The molecule has 126 valence electrons. The van der Waals surface area contributed by atoms with Gasteiger partial charge < -0.3 is 11.1 Å². The number of pyridine rings is 1. The molecular formula is C19H23N3O2. The highest BCUT2D eigenvalue weighted by Gasteiger charge is 2.23. The molecule has 1 aromatic heterocycles. The van der Waals surface area contributed by atoms with Crippen LogP contribution in [0.4, 0.5) is 0 Å². The standard InChI is InChI=1S/C19H23N3O2/c20-19(24)17(22-18(23)11-13-5-1-2-6-13)12-15-10-9-14-7-3-4-8-16(14)21-15/h3-4,7-10,13,17H,1-2,5-6,11-12H2,(H2,20,24)(H,22,23)/t17-/m1/s1. The van der Waals surface area contributed by atoms with Crippen LogP contribution in [0, 0.1) is 5.92 Å². The Kier molecular flexibility index (Phi) is 5.08. The zero-order valence-electron chi connectivity index (χ0n) is 13.7. The molecule has 1 aromatic carbocycles. The minimum absolute atomic E-state index is 0.0912. The van der Waals surface area contributed by atoms with Gasteiger partial charge in [0, 0.05) is 23.9 Å². The molecule has 1 aliphatic carbocycles. The van der Waals surface area contributed by atoms with E-state index in [9.17, 15) is 9.59 Å². The third-order valence-corrected chi connectivity index (χ3v) is 4.70. The van der Waals surface area contributed by atoms with Gasteiger partial charge in [-0.05, 0) is 30.9 Å². The lowest BCUT2D eigenvalue weighted by molar-refractivity contribution is -0.127. The summed E-state index contributed by atoms with van der Waals surface area (Å²) < 4.78 is 0. The van der Waals surface area contributed by atoms with Crippen molar-refractivity contribution in [3.63, 3.8) is 0 Å². The molecule has 0 radical (unpaired) electrons. The summed E-state index contributed by atoms with van der Waals surface area (Å²) in [7, 11) is 0. The summed E-state index contributed by atoms with van der Waals surface area (Å²) >= 11 is 0. The van der Waals surface area contributed by atoms with Gasteiger partial charge >= 0.3 is 0 Å². The van der Waals surface area contributed by atoms with Gasteiger partial charge in [-0.3, -0.25) is 14.6 Å². The number of primary amides is 1. The van der Waals surface area contributed by atoms with E-state index in [4.69, 9.17) is 5.73 Å². The third-order valence-electron chi connectivity index (χ3n) is 4.70. The van der Waals surface area contributed by atoms with Crippen LogP contribution in [0.2, 0.25) is 0 Å². The first-order chi connectivity index (χ1) is 11.6. The molecule has 1 aliphatic rings. The van der Waals surface area contributed by atoms with Crippen LogP contribution in [0.5, 0.6) is 0 Å². The number of nitrogens with two attached hydrogens (primary N) is 1. The Hall–Kier alpha value is -2.43. The van der Waals surface area contributed by atoms with Gasteiger partial charge in [-0.15, -0.1) is 0 Å². The first-order valence-corrected chi connectivity index (χ1v) is 8.55. The number of nitrogens with zero attached hydrogens (tertiary/aromatic N) is 1. The van der Waals surface area contributed by atoms with E-state index in [1.807, 2.05) is 36.4 Å². The Morgan fingerprint density at radius 1 is 1.17 bits per heavy atom. The topological polar surface area (TPSA) is 85.1 Å². The van der Waals surface area contributed by atoms with E-state index in [0.717, 1.165) is 29.4 Å². The predicted octanol–water partition coefficient (Wildman–Crippen LogP) is 2.33. The van der Waals surface area contributed by atoms with E-state index < -0.39 is 11.9 Å². The van der Waals surface area contributed by atoms with Gasteiger partial charge in [-0.1, -0.05) is 37.1 Å². The van der Waals surface area contributed by atoms with E-state index in [1.165, 1.54) is 12.8 Å². The fourth-order valence-electron chi connectivity index (χ4n) is 3.38. The lowest BCUT2D eigenvalue weighted by Gasteiger charge is -2.17. The van der Waals surface area contributed by atoms with Crippen molar-refractivity contribution in [3.8, 4) is 0 Å². The van der Waals surface area contributed by atoms with E-state index in [1.54, 1.807) is 0 Å². The first-order valence-electron chi connectivity index (χ1n) is 8.55. The maximum absolute atomic E-state index is 12.2. The van der Waals surface area contributed by atoms with Crippen molar-refractivity contribution in [1.82, 2.24) is 10.3 Å². The highest BCUT2D eigenvalue weighted by Crippen LogP contribution is 2.27. The van der Waals surface area contributed by atoms with Crippen LogP contribution in [0.1, 0.15) is 37.8 Å². The highest BCUT2D eigenvalue weighted by molar-refractivity contribution is 5.87. The number of carbonyl (C=O) groups is 2. The van der Waals surface area contributed by atoms with Gasteiger partial charge in [0.15, 0.2) is 0 Å². The number of aromatic nitrogens is 1. The number of hydrogen-bond acceptors (Lipinski definition) is 3. The number of nitrogens with one attached hydrogen (secondary N) is 1. The maximum atomic E-state index is 12.2. The van der Waals surface area contributed by atoms with Crippen LogP contribution in [-0.2, 0) is 16.0 Å². The minimum atomic E-state index is -0.715. The Morgan fingerprint density at radius 2 is 1.92 bits per heavy atom. The van der Waals surface area contributed by atoms with Crippen molar-refractivity contribution in [3.05, 3.63) is 42.1 Å². The maximum Gasteiger partial charge on any atom is 0.240 e. The van der Waals surface area contributed by atoms with Crippen LogP contribution in [0.3, 0.4) is 0 Å². The summed E-state index contributed by atoms with van der Waals surface area (Å²) in [6.45, 7) is 0. The summed E-state index contributed by atoms with van der Waals surface area (Å²) in [5.74, 6) is -0.173. The lowest BCUT2D eigenvalue weighted by atomic mass is 10.0. The van der Waals surface area contributed by atoms with Crippen LogP contribution in [0.15, 0.2) is 36.4 Å². The molecule has 1 fully saturated rings. The molecule has 0 aliphatic heterocycles. The number of fused-ring (bicyclic) bond motifs is 1. The number of rotatable bonds is 6. The number of benzene rings is 1. The third kappa shape index (κ3) is 4.10. The van der Waals surface area contributed by atoms with E-state index in [-0.39, 0.29) is 5.91 Å². The predicted molar refractivity (Wildman–Crippen MR) is 93.1 cm³/mol. The molecule has 1 heterocycles. The molecule has 5 nitrogen and oxygen atoms in total. The normalized spacial score (nSPS) is 16.2. The van der Waals surface area contributed by atoms with Gasteiger partial charge in [-0.2, -0.15) is 0 Å². The van der Waals surface area contributed by atoms with Crippen LogP contribution < -0.4 is 11.1 Å². The molecule has 0 unspecified atom stereocenters. The van der Waals surface area contributed by atoms with Crippen LogP contribution >= 0.6 is 0 Å². The molecule has 0 spiro atoms. The number of hydrogen-bond donors (Lipinski definition) is 2. The van der Waals surface area contributed by atoms with Crippen molar-refractivity contribution >= 4 is 22.7 Å². The Labute approximate surface area is 141 Å². The second kappa shape index (κ2) is 7.43.